The van der Waals surface area contributed by atoms with Gasteiger partial charge in [-0.25, -0.2) is 0 Å². The van der Waals surface area contributed by atoms with Crippen molar-refractivity contribution in [2.75, 3.05) is 6.54 Å². The van der Waals surface area contributed by atoms with Gasteiger partial charge in [0, 0.05) is 25.5 Å². The number of phenols is 1. The third-order valence-corrected chi connectivity index (χ3v) is 3.15. The van der Waals surface area contributed by atoms with Gasteiger partial charge in [0.05, 0.1) is 6.04 Å². The number of benzene rings is 1. The van der Waals surface area contributed by atoms with Crippen LogP contribution in [0.15, 0.2) is 42.7 Å². The minimum Gasteiger partial charge on any atom is -0.508 e. The van der Waals surface area contributed by atoms with Crippen molar-refractivity contribution in [1.29, 1.82) is 0 Å². The topological polar surface area (TPSA) is 93.2 Å². The molecule has 0 aliphatic rings. The summed E-state index contributed by atoms with van der Waals surface area (Å²) in [5, 5.41) is 16.1. The summed E-state index contributed by atoms with van der Waals surface area (Å²) in [6.45, 7) is 1.34. The SMILES string of the molecule is N[C@H](Cc1ccc(O)cc1)C(=O)NCCCn1cccn1. The van der Waals surface area contributed by atoms with E-state index in [-0.39, 0.29) is 11.7 Å². The molecule has 112 valence electrons. The number of phenolic OH excluding ortho intramolecular Hbond substituents is 1. The van der Waals surface area contributed by atoms with Crippen molar-refractivity contribution in [3.8, 4) is 5.75 Å². The first-order valence-electron chi connectivity index (χ1n) is 6.94. The minimum atomic E-state index is -0.584. The van der Waals surface area contributed by atoms with Crippen LogP contribution in [-0.2, 0) is 17.8 Å². The zero-order valence-corrected chi connectivity index (χ0v) is 11.8. The molecule has 0 aliphatic carbocycles. The number of nitrogens with zero attached hydrogens (tertiary/aromatic N) is 2. The van der Waals surface area contributed by atoms with Gasteiger partial charge in [-0.1, -0.05) is 12.1 Å². The highest BCUT2D eigenvalue weighted by molar-refractivity contribution is 5.81. The van der Waals surface area contributed by atoms with Gasteiger partial charge < -0.3 is 16.2 Å². The number of amides is 1. The fourth-order valence-electron chi connectivity index (χ4n) is 2.00. The van der Waals surface area contributed by atoms with Crippen molar-refractivity contribution in [2.24, 2.45) is 5.73 Å². The van der Waals surface area contributed by atoms with Crippen molar-refractivity contribution in [3.05, 3.63) is 48.3 Å². The Balaban J connectivity index is 1.68. The zero-order valence-electron chi connectivity index (χ0n) is 11.8. The van der Waals surface area contributed by atoms with Gasteiger partial charge in [0.1, 0.15) is 5.75 Å². The lowest BCUT2D eigenvalue weighted by molar-refractivity contribution is -0.122. The van der Waals surface area contributed by atoms with E-state index in [9.17, 15) is 9.90 Å². The lowest BCUT2D eigenvalue weighted by Gasteiger charge is -2.12. The molecular formula is C15H20N4O2. The number of nitrogens with one attached hydrogen (secondary N) is 1. The molecule has 0 saturated heterocycles. The second kappa shape index (κ2) is 7.44. The summed E-state index contributed by atoms with van der Waals surface area (Å²) in [7, 11) is 0. The molecule has 21 heavy (non-hydrogen) atoms. The van der Waals surface area contributed by atoms with Crippen LogP contribution in [0.5, 0.6) is 5.75 Å². The molecule has 6 nitrogen and oxygen atoms in total. The summed E-state index contributed by atoms with van der Waals surface area (Å²) < 4.78 is 1.82. The number of carbonyl (C=O) groups is 1. The van der Waals surface area contributed by atoms with Crippen LogP contribution in [0.1, 0.15) is 12.0 Å². The van der Waals surface area contributed by atoms with Crippen LogP contribution in [0.25, 0.3) is 0 Å². The largest absolute Gasteiger partial charge is 0.508 e. The van der Waals surface area contributed by atoms with Crippen LogP contribution < -0.4 is 11.1 Å². The van der Waals surface area contributed by atoms with Gasteiger partial charge >= 0.3 is 0 Å². The standard InChI is InChI=1S/C15H20N4O2/c16-14(11-12-3-5-13(20)6-4-12)15(21)17-7-1-9-19-10-2-8-18-19/h2-6,8,10,14,20H,1,7,9,11,16H2,(H,17,21)/t14-/m1/s1. The molecule has 1 aromatic heterocycles. The molecular weight excluding hydrogens is 268 g/mol. The average molecular weight is 288 g/mol. The summed E-state index contributed by atoms with van der Waals surface area (Å²) in [4.78, 5) is 11.9. The number of hydrogen-bond donors (Lipinski definition) is 3. The maximum absolute atomic E-state index is 11.9. The number of aromatic nitrogens is 2. The molecule has 6 heteroatoms. The van der Waals surface area contributed by atoms with E-state index >= 15 is 0 Å². The molecule has 2 aromatic rings. The zero-order chi connectivity index (χ0) is 15.1. The van der Waals surface area contributed by atoms with Gasteiger partial charge in [0.15, 0.2) is 0 Å². The second-order valence-electron chi connectivity index (χ2n) is 4.89. The molecule has 2 rings (SSSR count). The smallest absolute Gasteiger partial charge is 0.237 e. The molecule has 1 amide bonds. The van der Waals surface area contributed by atoms with Crippen LogP contribution in [0.3, 0.4) is 0 Å². The van der Waals surface area contributed by atoms with E-state index in [2.05, 4.69) is 10.4 Å². The Morgan fingerprint density at radius 2 is 2.14 bits per heavy atom. The highest BCUT2D eigenvalue weighted by Gasteiger charge is 2.13. The number of carbonyl (C=O) groups excluding carboxylic acids is 1. The third kappa shape index (κ3) is 4.92. The second-order valence-corrected chi connectivity index (χ2v) is 4.89. The maximum Gasteiger partial charge on any atom is 0.237 e. The lowest BCUT2D eigenvalue weighted by Crippen LogP contribution is -2.42. The summed E-state index contributed by atoms with van der Waals surface area (Å²) in [5.74, 6) is 0.0407. The van der Waals surface area contributed by atoms with Crippen LogP contribution in [0.4, 0.5) is 0 Å². The predicted molar refractivity (Wildman–Crippen MR) is 79.6 cm³/mol. The van der Waals surface area contributed by atoms with Crippen LogP contribution in [0, 0.1) is 0 Å². The van der Waals surface area contributed by atoms with E-state index in [1.807, 2.05) is 16.9 Å². The van der Waals surface area contributed by atoms with Crippen LogP contribution >= 0.6 is 0 Å². The maximum atomic E-state index is 11.9. The van der Waals surface area contributed by atoms with E-state index < -0.39 is 6.04 Å². The Hall–Kier alpha value is -2.34. The summed E-state index contributed by atoms with van der Waals surface area (Å²) in [6.07, 6.45) is 4.87. The monoisotopic (exact) mass is 288 g/mol. The number of rotatable bonds is 7. The minimum absolute atomic E-state index is 0.163. The van der Waals surface area contributed by atoms with E-state index in [0.29, 0.717) is 13.0 Å². The fourth-order valence-corrected chi connectivity index (χ4v) is 2.00. The number of aryl methyl sites for hydroxylation is 1. The van der Waals surface area contributed by atoms with Crippen LogP contribution in [-0.4, -0.2) is 33.4 Å². The number of aromatic hydroxyl groups is 1. The average Bonchev–Trinajstić information content (AvgIpc) is 2.99. The first-order chi connectivity index (χ1) is 10.1. The highest BCUT2D eigenvalue weighted by Crippen LogP contribution is 2.10. The molecule has 0 spiro atoms. The van der Waals surface area contributed by atoms with Crippen molar-refractivity contribution in [1.82, 2.24) is 15.1 Å². The fraction of sp³-hybridized carbons (Fsp3) is 0.333. The third-order valence-electron chi connectivity index (χ3n) is 3.15. The summed E-state index contributed by atoms with van der Waals surface area (Å²) >= 11 is 0. The Morgan fingerprint density at radius 1 is 1.38 bits per heavy atom. The number of hydrogen-bond acceptors (Lipinski definition) is 4. The molecule has 0 radical (unpaired) electrons. The van der Waals surface area contributed by atoms with E-state index in [1.165, 1.54) is 0 Å². The predicted octanol–water partition coefficient (Wildman–Crippen LogP) is 0.665. The Bertz CT molecular complexity index is 552. The lowest BCUT2D eigenvalue weighted by atomic mass is 10.1. The van der Waals surface area contributed by atoms with E-state index in [1.54, 1.807) is 30.5 Å². The first-order valence-corrected chi connectivity index (χ1v) is 6.94. The molecule has 1 heterocycles. The van der Waals surface area contributed by atoms with Crippen molar-refractivity contribution >= 4 is 5.91 Å². The quantitative estimate of drug-likeness (QED) is 0.653. The van der Waals surface area contributed by atoms with Gasteiger partial charge in [-0.3, -0.25) is 9.48 Å². The van der Waals surface area contributed by atoms with Crippen molar-refractivity contribution in [3.63, 3.8) is 0 Å². The first kappa shape index (κ1) is 15.1. The molecule has 0 saturated carbocycles. The van der Waals surface area contributed by atoms with Gasteiger partial charge in [-0.2, -0.15) is 5.10 Å². The van der Waals surface area contributed by atoms with Gasteiger partial charge in [0.2, 0.25) is 5.91 Å². The van der Waals surface area contributed by atoms with Crippen molar-refractivity contribution < 1.29 is 9.90 Å². The Kier molecular flexibility index (Phi) is 5.34. The molecule has 0 aliphatic heterocycles. The van der Waals surface area contributed by atoms with E-state index in [4.69, 9.17) is 5.73 Å². The van der Waals surface area contributed by atoms with Gasteiger partial charge in [-0.05, 0) is 36.6 Å². The normalized spacial score (nSPS) is 12.0. The van der Waals surface area contributed by atoms with Crippen LogP contribution in [0.2, 0.25) is 0 Å². The summed E-state index contributed by atoms with van der Waals surface area (Å²) in [6, 6.07) is 7.99. The molecule has 0 unspecified atom stereocenters. The van der Waals surface area contributed by atoms with Gasteiger partial charge in [0.25, 0.3) is 0 Å². The molecule has 1 atom stereocenters. The molecule has 0 fully saturated rings. The Morgan fingerprint density at radius 3 is 2.81 bits per heavy atom. The van der Waals surface area contributed by atoms with E-state index in [0.717, 1.165) is 18.5 Å². The molecule has 4 N–H and O–H groups in total. The Labute approximate surface area is 123 Å². The summed E-state index contributed by atoms with van der Waals surface area (Å²) in [5.41, 5.74) is 6.80. The van der Waals surface area contributed by atoms with Crippen molar-refractivity contribution in [2.45, 2.75) is 25.4 Å². The number of nitrogens with two attached hydrogens (primary N) is 1. The highest BCUT2D eigenvalue weighted by atomic mass is 16.3. The molecule has 1 aromatic carbocycles. The molecule has 0 bridgehead atoms. The van der Waals surface area contributed by atoms with Gasteiger partial charge in [-0.15, -0.1) is 0 Å².